The fraction of sp³-hybridized carbons (Fsp3) is 0.462. The summed E-state index contributed by atoms with van der Waals surface area (Å²) in [6.45, 7) is 4.77. The summed E-state index contributed by atoms with van der Waals surface area (Å²) in [5.41, 5.74) is -0.983. The first-order chi connectivity index (χ1) is 9.39. The summed E-state index contributed by atoms with van der Waals surface area (Å²) in [6, 6.07) is 2.03. The van der Waals surface area contributed by atoms with E-state index >= 15 is 0 Å². The van der Waals surface area contributed by atoms with Gasteiger partial charge in [0.25, 0.3) is 5.91 Å². The Morgan fingerprint density at radius 2 is 2.20 bits per heavy atom. The third-order valence-corrected chi connectivity index (χ3v) is 2.89. The lowest BCUT2D eigenvalue weighted by Gasteiger charge is -2.27. The predicted octanol–water partition coefficient (Wildman–Crippen LogP) is 0.688. The van der Waals surface area contributed by atoms with Crippen LogP contribution < -0.4 is 5.32 Å². The van der Waals surface area contributed by atoms with Crippen LogP contribution in [0.4, 0.5) is 0 Å². The van der Waals surface area contributed by atoms with Crippen LogP contribution >= 0.6 is 0 Å². The van der Waals surface area contributed by atoms with E-state index in [9.17, 15) is 9.59 Å². The summed E-state index contributed by atoms with van der Waals surface area (Å²) >= 11 is 0. The van der Waals surface area contributed by atoms with Gasteiger partial charge in [0.15, 0.2) is 12.3 Å². The first-order valence-electron chi connectivity index (χ1n) is 6.04. The number of ether oxygens (including phenoxy) is 1. The van der Waals surface area contributed by atoms with E-state index in [1.54, 1.807) is 6.92 Å². The maximum absolute atomic E-state index is 11.7. The zero-order valence-electron chi connectivity index (χ0n) is 11.6. The van der Waals surface area contributed by atoms with E-state index in [0.717, 1.165) is 0 Å². The SMILES string of the molecule is CC(C)[C@@](C)(C#N)NC(=O)COC(=O)c1cnccn1. The summed E-state index contributed by atoms with van der Waals surface area (Å²) in [6.07, 6.45) is 4.01. The van der Waals surface area contributed by atoms with Crippen molar-refractivity contribution < 1.29 is 14.3 Å². The van der Waals surface area contributed by atoms with Gasteiger partial charge in [-0.05, 0) is 12.8 Å². The monoisotopic (exact) mass is 276 g/mol. The van der Waals surface area contributed by atoms with Crippen LogP contribution in [0.25, 0.3) is 0 Å². The Kier molecular flexibility index (Phi) is 5.15. The molecule has 1 heterocycles. The highest BCUT2D eigenvalue weighted by Gasteiger charge is 2.30. The molecule has 1 aromatic rings. The molecule has 0 radical (unpaired) electrons. The second-order valence-corrected chi connectivity index (χ2v) is 4.68. The summed E-state index contributed by atoms with van der Waals surface area (Å²) in [5, 5.41) is 11.6. The molecule has 0 saturated carbocycles. The molecule has 0 aliphatic rings. The second-order valence-electron chi connectivity index (χ2n) is 4.68. The van der Waals surface area contributed by atoms with Crippen molar-refractivity contribution in [3.05, 3.63) is 24.3 Å². The lowest BCUT2D eigenvalue weighted by Crippen LogP contribution is -2.50. The van der Waals surface area contributed by atoms with Crippen molar-refractivity contribution in [1.29, 1.82) is 5.26 Å². The van der Waals surface area contributed by atoms with E-state index in [1.807, 2.05) is 19.9 Å². The Balaban J connectivity index is 2.53. The number of hydrogen-bond donors (Lipinski definition) is 1. The number of nitrogens with zero attached hydrogens (tertiary/aromatic N) is 3. The van der Waals surface area contributed by atoms with Crippen molar-refractivity contribution in [3.8, 4) is 6.07 Å². The molecule has 106 valence electrons. The largest absolute Gasteiger partial charge is 0.451 e. The standard InChI is InChI=1S/C13H16N4O3/c1-9(2)13(3,8-14)17-11(18)7-20-12(19)10-6-15-4-5-16-10/h4-6,9H,7H2,1-3H3,(H,17,18)/t13-/m1/s1. The van der Waals surface area contributed by atoms with Gasteiger partial charge in [-0.1, -0.05) is 13.8 Å². The maximum atomic E-state index is 11.7. The minimum atomic E-state index is -1.00. The maximum Gasteiger partial charge on any atom is 0.359 e. The molecule has 0 fully saturated rings. The number of nitrogens with one attached hydrogen (secondary N) is 1. The van der Waals surface area contributed by atoms with Crippen molar-refractivity contribution >= 4 is 11.9 Å². The van der Waals surface area contributed by atoms with Gasteiger partial charge in [-0.15, -0.1) is 0 Å². The first-order valence-corrected chi connectivity index (χ1v) is 6.04. The summed E-state index contributed by atoms with van der Waals surface area (Å²) in [5.74, 6) is -1.36. The lowest BCUT2D eigenvalue weighted by molar-refractivity contribution is -0.125. The molecule has 0 bridgehead atoms. The van der Waals surface area contributed by atoms with Crippen molar-refractivity contribution in [3.63, 3.8) is 0 Å². The van der Waals surface area contributed by atoms with E-state index in [0.29, 0.717) is 0 Å². The second kappa shape index (κ2) is 6.61. The lowest BCUT2D eigenvalue weighted by atomic mass is 9.90. The number of hydrogen-bond acceptors (Lipinski definition) is 6. The van der Waals surface area contributed by atoms with Gasteiger partial charge in [-0.2, -0.15) is 5.26 Å². The van der Waals surface area contributed by atoms with Crippen LogP contribution in [-0.2, 0) is 9.53 Å². The van der Waals surface area contributed by atoms with Crippen LogP contribution in [0.1, 0.15) is 31.3 Å². The molecule has 0 unspecified atom stereocenters. The molecule has 0 saturated heterocycles. The fourth-order valence-corrected chi connectivity index (χ4v) is 1.24. The average molecular weight is 276 g/mol. The van der Waals surface area contributed by atoms with Crippen molar-refractivity contribution in [1.82, 2.24) is 15.3 Å². The third-order valence-electron chi connectivity index (χ3n) is 2.89. The molecular formula is C13H16N4O3. The van der Waals surface area contributed by atoms with E-state index in [4.69, 9.17) is 10.00 Å². The van der Waals surface area contributed by atoms with Crippen molar-refractivity contribution in [2.45, 2.75) is 26.3 Å². The van der Waals surface area contributed by atoms with Crippen LogP contribution in [0, 0.1) is 17.2 Å². The number of carbonyl (C=O) groups excluding carboxylic acids is 2. The minimum absolute atomic E-state index is 0.0206. The Morgan fingerprint density at radius 3 is 2.70 bits per heavy atom. The van der Waals surface area contributed by atoms with Gasteiger partial charge in [0.05, 0.1) is 12.3 Å². The van der Waals surface area contributed by atoms with Gasteiger partial charge in [-0.25, -0.2) is 9.78 Å². The topological polar surface area (TPSA) is 105 Å². The quantitative estimate of drug-likeness (QED) is 0.793. The van der Waals surface area contributed by atoms with Crippen LogP contribution in [-0.4, -0.2) is 34.0 Å². The highest BCUT2D eigenvalue weighted by Crippen LogP contribution is 2.14. The third kappa shape index (κ3) is 4.02. The van der Waals surface area contributed by atoms with E-state index in [-0.39, 0.29) is 11.6 Å². The normalized spacial score (nSPS) is 13.2. The molecule has 0 aliphatic carbocycles. The van der Waals surface area contributed by atoms with Gasteiger partial charge >= 0.3 is 5.97 Å². The van der Waals surface area contributed by atoms with Crippen LogP contribution in [0.15, 0.2) is 18.6 Å². The van der Waals surface area contributed by atoms with Crippen molar-refractivity contribution in [2.24, 2.45) is 5.92 Å². The summed E-state index contributed by atoms with van der Waals surface area (Å²) in [4.78, 5) is 30.7. The minimum Gasteiger partial charge on any atom is -0.451 e. The Labute approximate surface area is 117 Å². The van der Waals surface area contributed by atoms with Crippen molar-refractivity contribution in [2.75, 3.05) is 6.61 Å². The fourth-order valence-electron chi connectivity index (χ4n) is 1.24. The van der Waals surface area contributed by atoms with Crippen LogP contribution in [0.2, 0.25) is 0 Å². The molecule has 0 aromatic carbocycles. The number of amides is 1. The molecule has 20 heavy (non-hydrogen) atoms. The molecule has 1 aromatic heterocycles. The highest BCUT2D eigenvalue weighted by molar-refractivity contribution is 5.89. The van der Waals surface area contributed by atoms with Crippen LogP contribution in [0.3, 0.4) is 0 Å². The zero-order valence-corrected chi connectivity index (χ0v) is 11.6. The van der Waals surface area contributed by atoms with Gasteiger partial charge < -0.3 is 10.1 Å². The van der Waals surface area contributed by atoms with E-state index < -0.39 is 24.0 Å². The first kappa shape index (κ1) is 15.6. The van der Waals surface area contributed by atoms with E-state index in [2.05, 4.69) is 15.3 Å². The number of carbonyl (C=O) groups is 2. The number of rotatable bonds is 5. The summed E-state index contributed by atoms with van der Waals surface area (Å²) < 4.78 is 4.80. The number of aromatic nitrogens is 2. The molecule has 1 amide bonds. The summed E-state index contributed by atoms with van der Waals surface area (Å²) in [7, 11) is 0. The Morgan fingerprint density at radius 1 is 1.50 bits per heavy atom. The molecule has 0 spiro atoms. The average Bonchev–Trinajstić information content (AvgIpc) is 2.45. The Bertz CT molecular complexity index is 524. The van der Waals surface area contributed by atoms with Crippen LogP contribution in [0.5, 0.6) is 0 Å². The number of nitriles is 1. The smallest absolute Gasteiger partial charge is 0.359 e. The molecule has 7 heteroatoms. The van der Waals surface area contributed by atoms with E-state index in [1.165, 1.54) is 18.6 Å². The molecule has 1 N–H and O–H groups in total. The molecular weight excluding hydrogens is 260 g/mol. The van der Waals surface area contributed by atoms with Gasteiger partial charge in [0.1, 0.15) is 5.54 Å². The predicted molar refractivity (Wildman–Crippen MR) is 69.3 cm³/mol. The van der Waals surface area contributed by atoms with Gasteiger partial charge in [0, 0.05) is 12.4 Å². The van der Waals surface area contributed by atoms with Gasteiger partial charge in [0.2, 0.25) is 0 Å². The Hall–Kier alpha value is -2.49. The highest BCUT2D eigenvalue weighted by atomic mass is 16.5. The number of esters is 1. The molecule has 1 atom stereocenters. The molecule has 1 rings (SSSR count). The van der Waals surface area contributed by atoms with Gasteiger partial charge in [-0.3, -0.25) is 9.78 Å². The molecule has 0 aliphatic heterocycles. The molecule has 7 nitrogen and oxygen atoms in total. The zero-order chi connectivity index (χ0) is 15.2.